The largest absolute Gasteiger partial charge is 0.394 e. The molecule has 1 N–H and O–H groups in total. The van der Waals surface area contributed by atoms with Gasteiger partial charge in [-0.15, -0.1) is 0 Å². The average molecular weight is 348 g/mol. The molecule has 0 unspecified atom stereocenters. The van der Waals surface area contributed by atoms with E-state index in [2.05, 4.69) is 21.8 Å². The molecule has 1 aromatic heterocycles. The van der Waals surface area contributed by atoms with E-state index in [-0.39, 0.29) is 12.5 Å². The van der Waals surface area contributed by atoms with E-state index >= 15 is 0 Å². The molecule has 1 saturated heterocycles. The monoisotopic (exact) mass is 348 g/mol. The van der Waals surface area contributed by atoms with Crippen molar-refractivity contribution >= 4 is 5.91 Å². The number of nitrogens with zero attached hydrogens (tertiary/aromatic N) is 4. The number of piperazine rings is 1. The number of aliphatic hydroxyl groups is 1. The zero-order valence-corrected chi connectivity index (χ0v) is 15.7. The lowest BCUT2D eigenvalue weighted by molar-refractivity contribution is -0.138. The van der Waals surface area contributed by atoms with Crippen molar-refractivity contribution in [1.29, 1.82) is 0 Å². The first-order valence-corrected chi connectivity index (χ1v) is 9.75. The first kappa shape index (κ1) is 18.4. The van der Waals surface area contributed by atoms with Crippen LogP contribution in [0.3, 0.4) is 0 Å². The minimum atomic E-state index is 0.114. The van der Waals surface area contributed by atoms with Crippen LogP contribution >= 0.6 is 0 Å². The summed E-state index contributed by atoms with van der Waals surface area (Å²) in [5, 5.41) is 13.7. The van der Waals surface area contributed by atoms with Gasteiger partial charge in [-0.3, -0.25) is 14.4 Å². The Bertz CT molecular complexity index is 584. The summed E-state index contributed by atoms with van der Waals surface area (Å²) < 4.78 is 1.90. The second-order valence-corrected chi connectivity index (χ2v) is 7.53. The van der Waals surface area contributed by atoms with Crippen LogP contribution in [0.5, 0.6) is 0 Å². The molecule has 0 bridgehead atoms. The van der Waals surface area contributed by atoms with Gasteiger partial charge in [-0.1, -0.05) is 19.3 Å². The first-order chi connectivity index (χ1) is 12.1. The lowest BCUT2D eigenvalue weighted by Crippen LogP contribution is -2.50. The van der Waals surface area contributed by atoms with Crippen LogP contribution in [0.1, 0.15) is 49.1 Å². The number of hydrogen-bond acceptors (Lipinski definition) is 4. The van der Waals surface area contributed by atoms with Crippen molar-refractivity contribution in [3.8, 4) is 0 Å². The highest BCUT2D eigenvalue weighted by Crippen LogP contribution is 2.26. The summed E-state index contributed by atoms with van der Waals surface area (Å²) in [7, 11) is 0. The van der Waals surface area contributed by atoms with Gasteiger partial charge in [0, 0.05) is 49.9 Å². The van der Waals surface area contributed by atoms with E-state index in [9.17, 15) is 4.79 Å². The molecule has 0 spiro atoms. The fourth-order valence-corrected chi connectivity index (χ4v) is 4.23. The molecule has 1 aliphatic heterocycles. The smallest absolute Gasteiger partial charge is 0.225 e. The van der Waals surface area contributed by atoms with Crippen molar-refractivity contribution in [2.45, 2.75) is 59.0 Å². The molecule has 1 saturated carbocycles. The Morgan fingerprint density at radius 3 is 2.44 bits per heavy atom. The van der Waals surface area contributed by atoms with E-state index in [0.717, 1.165) is 57.0 Å². The Balaban J connectivity index is 1.53. The number of amides is 1. The molecular weight excluding hydrogens is 316 g/mol. The summed E-state index contributed by atoms with van der Waals surface area (Å²) in [5.74, 6) is 0.670. The highest BCUT2D eigenvalue weighted by Gasteiger charge is 2.28. The van der Waals surface area contributed by atoms with Crippen molar-refractivity contribution in [2.75, 3.05) is 32.8 Å². The number of carbonyl (C=O) groups excluding carboxylic acids is 1. The molecule has 6 heteroatoms. The SMILES string of the molecule is Cc1nn(CCO)c(C)c1CN1CCN(C(=O)C2CCCCC2)CC1. The van der Waals surface area contributed by atoms with Gasteiger partial charge >= 0.3 is 0 Å². The van der Waals surface area contributed by atoms with E-state index in [0.29, 0.717) is 12.5 Å². The van der Waals surface area contributed by atoms with Crippen molar-refractivity contribution in [3.63, 3.8) is 0 Å². The molecule has 6 nitrogen and oxygen atoms in total. The Labute approximate surface area is 150 Å². The molecule has 25 heavy (non-hydrogen) atoms. The number of aryl methyl sites for hydroxylation is 1. The van der Waals surface area contributed by atoms with Gasteiger partial charge in [0.25, 0.3) is 0 Å². The van der Waals surface area contributed by atoms with Gasteiger partial charge in [-0.2, -0.15) is 5.10 Å². The van der Waals surface area contributed by atoms with Crippen LogP contribution in [0.4, 0.5) is 0 Å². The van der Waals surface area contributed by atoms with Crippen LogP contribution in [0, 0.1) is 19.8 Å². The van der Waals surface area contributed by atoms with Gasteiger partial charge in [-0.05, 0) is 26.7 Å². The van der Waals surface area contributed by atoms with E-state index in [4.69, 9.17) is 5.11 Å². The maximum Gasteiger partial charge on any atom is 0.225 e. The number of carbonyl (C=O) groups is 1. The van der Waals surface area contributed by atoms with Gasteiger partial charge < -0.3 is 10.0 Å². The molecule has 1 amide bonds. The number of rotatable bonds is 5. The van der Waals surface area contributed by atoms with Crippen LogP contribution < -0.4 is 0 Å². The summed E-state index contributed by atoms with van der Waals surface area (Å²) in [6.45, 7) is 9.22. The minimum Gasteiger partial charge on any atom is -0.394 e. The third kappa shape index (κ3) is 4.23. The van der Waals surface area contributed by atoms with E-state index < -0.39 is 0 Å². The van der Waals surface area contributed by atoms with Crippen LogP contribution in [0.15, 0.2) is 0 Å². The maximum absolute atomic E-state index is 12.7. The molecule has 2 fully saturated rings. The Morgan fingerprint density at radius 1 is 1.12 bits per heavy atom. The summed E-state index contributed by atoms with van der Waals surface area (Å²) in [4.78, 5) is 17.2. The molecule has 2 heterocycles. The Morgan fingerprint density at radius 2 is 1.80 bits per heavy atom. The number of hydrogen-bond donors (Lipinski definition) is 1. The van der Waals surface area contributed by atoms with Gasteiger partial charge in [0.2, 0.25) is 5.91 Å². The third-order valence-electron chi connectivity index (χ3n) is 5.86. The third-order valence-corrected chi connectivity index (χ3v) is 5.86. The highest BCUT2D eigenvalue weighted by atomic mass is 16.3. The lowest BCUT2D eigenvalue weighted by atomic mass is 9.88. The van der Waals surface area contributed by atoms with Crippen molar-refractivity contribution in [3.05, 3.63) is 17.0 Å². The first-order valence-electron chi connectivity index (χ1n) is 9.75. The number of aromatic nitrogens is 2. The molecular formula is C19H32N4O2. The van der Waals surface area contributed by atoms with Crippen molar-refractivity contribution in [1.82, 2.24) is 19.6 Å². The predicted molar refractivity (Wildman–Crippen MR) is 97.2 cm³/mol. The van der Waals surface area contributed by atoms with Gasteiger partial charge in [0.1, 0.15) is 0 Å². The second-order valence-electron chi connectivity index (χ2n) is 7.53. The zero-order chi connectivity index (χ0) is 17.8. The van der Waals surface area contributed by atoms with Crippen LogP contribution in [0.2, 0.25) is 0 Å². The van der Waals surface area contributed by atoms with E-state index in [1.54, 1.807) is 0 Å². The molecule has 0 atom stereocenters. The van der Waals surface area contributed by atoms with Crippen LogP contribution in [-0.2, 0) is 17.9 Å². The van der Waals surface area contributed by atoms with Crippen molar-refractivity contribution in [2.24, 2.45) is 5.92 Å². The minimum absolute atomic E-state index is 0.114. The zero-order valence-electron chi connectivity index (χ0n) is 15.7. The summed E-state index contributed by atoms with van der Waals surface area (Å²) >= 11 is 0. The molecule has 1 aromatic rings. The molecule has 3 rings (SSSR count). The predicted octanol–water partition coefficient (Wildman–Crippen LogP) is 1.72. The topological polar surface area (TPSA) is 61.6 Å². The molecule has 140 valence electrons. The molecule has 0 radical (unpaired) electrons. The number of aliphatic hydroxyl groups excluding tert-OH is 1. The maximum atomic E-state index is 12.7. The standard InChI is InChI=1S/C19H32N4O2/c1-15-18(16(2)23(20-15)12-13-24)14-21-8-10-22(11-9-21)19(25)17-6-4-3-5-7-17/h17,24H,3-14H2,1-2H3. The second kappa shape index (κ2) is 8.32. The fraction of sp³-hybridized carbons (Fsp3) is 0.789. The van der Waals surface area contributed by atoms with Crippen LogP contribution in [0.25, 0.3) is 0 Å². The normalized spacial score (nSPS) is 20.2. The van der Waals surface area contributed by atoms with Crippen LogP contribution in [-0.4, -0.2) is 63.4 Å². The van der Waals surface area contributed by atoms with Gasteiger partial charge in [-0.25, -0.2) is 0 Å². The lowest BCUT2D eigenvalue weighted by Gasteiger charge is -2.37. The molecule has 1 aliphatic carbocycles. The van der Waals surface area contributed by atoms with Gasteiger partial charge in [0.15, 0.2) is 0 Å². The van der Waals surface area contributed by atoms with E-state index in [1.165, 1.54) is 24.8 Å². The average Bonchev–Trinajstić information content (AvgIpc) is 2.90. The van der Waals surface area contributed by atoms with Gasteiger partial charge in [0.05, 0.1) is 18.8 Å². The highest BCUT2D eigenvalue weighted by molar-refractivity contribution is 5.79. The fourth-order valence-electron chi connectivity index (χ4n) is 4.23. The molecule has 2 aliphatic rings. The Kier molecular flexibility index (Phi) is 6.12. The quantitative estimate of drug-likeness (QED) is 0.880. The summed E-state index contributed by atoms with van der Waals surface area (Å²) in [6.07, 6.45) is 5.89. The van der Waals surface area contributed by atoms with Crippen molar-refractivity contribution < 1.29 is 9.90 Å². The summed E-state index contributed by atoms with van der Waals surface area (Å²) in [6, 6.07) is 0. The molecule has 0 aromatic carbocycles. The van der Waals surface area contributed by atoms with E-state index in [1.807, 2.05) is 11.6 Å². The Hall–Kier alpha value is -1.40. The summed E-state index contributed by atoms with van der Waals surface area (Å²) in [5.41, 5.74) is 3.46.